The van der Waals surface area contributed by atoms with Crippen LogP contribution in [0.4, 0.5) is 5.82 Å². The molecule has 2 aromatic heterocycles. The van der Waals surface area contributed by atoms with Gasteiger partial charge < -0.3 is 14.5 Å². The van der Waals surface area contributed by atoms with Crippen molar-refractivity contribution in [2.24, 2.45) is 5.14 Å². The van der Waals surface area contributed by atoms with Crippen LogP contribution in [0.3, 0.4) is 0 Å². The Morgan fingerprint density at radius 3 is 2.43 bits per heavy atom. The van der Waals surface area contributed by atoms with E-state index in [0.29, 0.717) is 37.4 Å². The van der Waals surface area contributed by atoms with Crippen LogP contribution in [0.25, 0.3) is 33.3 Å². The van der Waals surface area contributed by atoms with Crippen molar-refractivity contribution < 1.29 is 22.7 Å². The van der Waals surface area contributed by atoms with Gasteiger partial charge in [-0.15, -0.1) is 0 Å². The molecular weight excluding hydrogens is 556 g/mol. The van der Waals surface area contributed by atoms with Crippen molar-refractivity contribution in [3.05, 3.63) is 72.7 Å². The Hall–Kier alpha value is -4.68. The number of carbonyl (C=O) groups excluding carboxylic acids is 2. The number of allylic oxidation sites excluding steroid dienone is 1. The van der Waals surface area contributed by atoms with Crippen molar-refractivity contribution in [1.82, 2.24) is 19.9 Å². The number of anilines is 1. The highest BCUT2D eigenvalue weighted by atomic mass is 32.2. The van der Waals surface area contributed by atoms with Gasteiger partial charge in [0.15, 0.2) is 5.78 Å². The topological polar surface area (TPSA) is 149 Å². The number of sulfonamides is 1. The van der Waals surface area contributed by atoms with Crippen molar-refractivity contribution in [3.63, 3.8) is 0 Å². The highest BCUT2D eigenvalue weighted by molar-refractivity contribution is 7.89. The van der Waals surface area contributed by atoms with Gasteiger partial charge in [-0.05, 0) is 61.4 Å². The minimum Gasteiger partial charge on any atom is -0.495 e. The number of ketones is 1. The molecule has 0 spiro atoms. The van der Waals surface area contributed by atoms with E-state index in [1.165, 1.54) is 38.6 Å². The predicted octanol–water partition coefficient (Wildman–Crippen LogP) is 3.12. The van der Waals surface area contributed by atoms with E-state index in [2.05, 4.69) is 19.9 Å². The van der Waals surface area contributed by atoms with Crippen LogP contribution in [0.1, 0.15) is 12.5 Å². The van der Waals surface area contributed by atoms with E-state index in [-0.39, 0.29) is 22.3 Å². The summed E-state index contributed by atoms with van der Waals surface area (Å²) in [5.74, 6) is 0.536. The lowest BCUT2D eigenvalue weighted by molar-refractivity contribution is -0.126. The first-order valence-electron chi connectivity index (χ1n) is 13.2. The maximum absolute atomic E-state index is 12.4. The lowest BCUT2D eigenvalue weighted by Crippen LogP contribution is -2.48. The molecule has 12 heteroatoms. The number of nitrogens with zero attached hydrogens (tertiary/aromatic N) is 5. The summed E-state index contributed by atoms with van der Waals surface area (Å²) >= 11 is 0. The molecule has 11 nitrogen and oxygen atoms in total. The molecule has 0 bridgehead atoms. The van der Waals surface area contributed by atoms with Crippen LogP contribution in [0.2, 0.25) is 0 Å². The zero-order chi connectivity index (χ0) is 30.0. The monoisotopic (exact) mass is 586 g/mol. The summed E-state index contributed by atoms with van der Waals surface area (Å²) in [7, 11) is -2.65. The second-order valence-electron chi connectivity index (χ2n) is 9.95. The molecule has 0 atom stereocenters. The number of pyridine rings is 1. The molecule has 3 heterocycles. The van der Waals surface area contributed by atoms with E-state index >= 15 is 0 Å². The van der Waals surface area contributed by atoms with Gasteiger partial charge in [0.05, 0.1) is 18.3 Å². The second-order valence-corrected chi connectivity index (χ2v) is 11.5. The number of primary sulfonamides is 1. The molecule has 2 N–H and O–H groups in total. The summed E-state index contributed by atoms with van der Waals surface area (Å²) in [4.78, 5) is 41.1. The van der Waals surface area contributed by atoms with Crippen LogP contribution in [0.15, 0.2) is 72.0 Å². The van der Waals surface area contributed by atoms with Gasteiger partial charge in [-0.2, -0.15) is 0 Å². The zero-order valence-electron chi connectivity index (χ0n) is 23.4. The van der Waals surface area contributed by atoms with Crippen molar-refractivity contribution in [1.29, 1.82) is 0 Å². The van der Waals surface area contributed by atoms with Crippen LogP contribution in [-0.4, -0.2) is 73.2 Å². The maximum atomic E-state index is 12.4. The molecule has 2 aromatic carbocycles. The molecule has 1 aliphatic heterocycles. The maximum Gasteiger partial charge on any atom is 0.246 e. The molecule has 5 rings (SSSR count). The SMILES string of the molecule is COc1ccc(-c2cccnc2-c2cc3c(N4CCN(C(=O)C=CC(C)=O)CC4)ncnc3cc2C)cc1S(N)(=O)=O. The number of ether oxygens (including phenoxy) is 1. The minimum absolute atomic E-state index is 0.113. The third-order valence-corrected chi connectivity index (χ3v) is 8.09. The Labute approximate surface area is 243 Å². The average molecular weight is 587 g/mol. The molecule has 216 valence electrons. The number of amides is 1. The van der Waals surface area contributed by atoms with Gasteiger partial charge in [-0.1, -0.05) is 12.1 Å². The summed E-state index contributed by atoms with van der Waals surface area (Å²) in [5.41, 5.74) is 4.53. The fourth-order valence-corrected chi connectivity index (χ4v) is 5.78. The largest absolute Gasteiger partial charge is 0.495 e. The molecule has 4 aromatic rings. The Balaban J connectivity index is 1.54. The van der Waals surface area contributed by atoms with Crippen LogP contribution in [0, 0.1) is 6.92 Å². The van der Waals surface area contributed by atoms with Gasteiger partial charge in [-0.3, -0.25) is 14.6 Å². The van der Waals surface area contributed by atoms with Crippen LogP contribution < -0.4 is 14.8 Å². The standard InChI is InChI=1S/C30H30N6O5S/c1-19-15-25-24(30(34-18-33-25)36-13-11-35(12-14-36)28(38)9-6-20(2)37)17-23(19)29-22(5-4-10-32-29)21-7-8-26(41-3)27(16-21)42(31,39)40/h4-10,15-18H,11-14H2,1-3H3,(H2,31,39,40). The smallest absolute Gasteiger partial charge is 0.246 e. The average Bonchev–Trinajstić information content (AvgIpc) is 2.98. The number of fused-ring (bicyclic) bond motifs is 1. The van der Waals surface area contributed by atoms with E-state index in [4.69, 9.17) is 9.88 Å². The quantitative estimate of drug-likeness (QED) is 0.322. The normalized spacial score (nSPS) is 14.0. The highest BCUT2D eigenvalue weighted by Gasteiger charge is 2.24. The van der Waals surface area contributed by atoms with Crippen molar-refractivity contribution in [2.45, 2.75) is 18.7 Å². The Morgan fingerprint density at radius 1 is 0.976 bits per heavy atom. The van der Waals surface area contributed by atoms with Gasteiger partial charge in [0.25, 0.3) is 0 Å². The lowest BCUT2D eigenvalue weighted by atomic mass is 9.95. The fraction of sp³-hybridized carbons (Fsp3) is 0.233. The summed E-state index contributed by atoms with van der Waals surface area (Å²) in [5, 5.41) is 6.30. The molecule has 1 aliphatic rings. The Kier molecular flexibility index (Phi) is 8.01. The highest BCUT2D eigenvalue weighted by Crippen LogP contribution is 2.37. The fourth-order valence-electron chi connectivity index (χ4n) is 5.05. The number of piperazine rings is 1. The second kappa shape index (κ2) is 11.7. The van der Waals surface area contributed by atoms with Gasteiger partial charge in [0, 0.05) is 55.0 Å². The van der Waals surface area contributed by atoms with Gasteiger partial charge in [0.1, 0.15) is 22.8 Å². The number of carbonyl (C=O) groups is 2. The molecule has 1 fully saturated rings. The van der Waals surface area contributed by atoms with E-state index < -0.39 is 10.0 Å². The van der Waals surface area contributed by atoms with E-state index in [0.717, 1.165) is 33.4 Å². The van der Waals surface area contributed by atoms with Crippen molar-refractivity contribution in [2.75, 3.05) is 38.2 Å². The Morgan fingerprint density at radius 2 is 1.74 bits per heavy atom. The summed E-state index contributed by atoms with van der Waals surface area (Å²) in [6.07, 6.45) is 5.81. The first-order chi connectivity index (χ1) is 20.1. The first kappa shape index (κ1) is 28.8. The molecule has 1 saturated heterocycles. The number of hydrogen-bond acceptors (Lipinski definition) is 9. The van der Waals surface area contributed by atoms with Crippen molar-refractivity contribution in [3.8, 4) is 28.1 Å². The lowest BCUT2D eigenvalue weighted by Gasteiger charge is -2.35. The molecule has 0 saturated carbocycles. The number of aromatic nitrogens is 3. The molecule has 0 aliphatic carbocycles. The van der Waals surface area contributed by atoms with E-state index in [1.54, 1.807) is 29.3 Å². The van der Waals surface area contributed by atoms with Crippen LogP contribution >= 0.6 is 0 Å². The molecular formula is C30H30N6O5S. The molecule has 42 heavy (non-hydrogen) atoms. The minimum atomic E-state index is -4.04. The van der Waals surface area contributed by atoms with E-state index in [9.17, 15) is 18.0 Å². The summed E-state index contributed by atoms with van der Waals surface area (Å²) in [6.45, 7) is 5.47. The number of hydrogen-bond donors (Lipinski definition) is 1. The van der Waals surface area contributed by atoms with Gasteiger partial charge in [-0.25, -0.2) is 23.5 Å². The third-order valence-electron chi connectivity index (χ3n) is 7.16. The van der Waals surface area contributed by atoms with Crippen LogP contribution in [0.5, 0.6) is 5.75 Å². The van der Waals surface area contributed by atoms with Gasteiger partial charge in [0.2, 0.25) is 15.9 Å². The number of methoxy groups -OCH3 is 1. The summed E-state index contributed by atoms with van der Waals surface area (Å²) < 4.78 is 29.8. The molecule has 0 radical (unpaired) electrons. The Bertz CT molecular complexity index is 1830. The number of aryl methyl sites for hydroxylation is 1. The third kappa shape index (κ3) is 5.85. The van der Waals surface area contributed by atoms with Gasteiger partial charge >= 0.3 is 0 Å². The van der Waals surface area contributed by atoms with E-state index in [1.807, 2.05) is 25.1 Å². The molecule has 0 unspecified atom stereocenters. The number of benzene rings is 2. The van der Waals surface area contributed by atoms with Crippen molar-refractivity contribution >= 4 is 38.4 Å². The number of rotatable bonds is 7. The molecule has 1 amide bonds. The first-order valence-corrected chi connectivity index (χ1v) is 14.8. The van der Waals surface area contributed by atoms with Crippen LogP contribution in [-0.2, 0) is 19.6 Å². The zero-order valence-corrected chi connectivity index (χ0v) is 24.3. The predicted molar refractivity (Wildman–Crippen MR) is 159 cm³/mol. The summed E-state index contributed by atoms with van der Waals surface area (Å²) in [6, 6.07) is 12.5. The number of nitrogens with two attached hydrogens (primary N) is 1.